The van der Waals surface area contributed by atoms with Gasteiger partial charge in [0.15, 0.2) is 0 Å². The smallest absolute Gasteiger partial charge is 0.234 e. The zero-order valence-electron chi connectivity index (χ0n) is 15.5. The van der Waals surface area contributed by atoms with E-state index in [9.17, 15) is 4.79 Å². The summed E-state index contributed by atoms with van der Waals surface area (Å²) >= 11 is 0. The van der Waals surface area contributed by atoms with Gasteiger partial charge in [0, 0.05) is 59.5 Å². The fourth-order valence-electron chi connectivity index (χ4n) is 2.80. The molecular formula is C18H32Cl2N4O2. The molecule has 6 nitrogen and oxygen atoms in total. The molecule has 0 spiro atoms. The molecule has 0 unspecified atom stereocenters. The van der Waals surface area contributed by atoms with E-state index < -0.39 is 0 Å². The maximum atomic E-state index is 12.0. The van der Waals surface area contributed by atoms with Crippen molar-refractivity contribution < 1.29 is 9.53 Å². The number of carbonyl (C=O) groups is 1. The standard InChI is InChI=1S/C18H30N4O2.2ClH/c1-24-14-9-19-7-8-20-18(23)16-22-12-10-21(11-13-22)15-17-5-3-2-4-6-17;;/h2-6,19H,7-16H2,1H3,(H,20,23);2*1H. The van der Waals surface area contributed by atoms with Crippen molar-refractivity contribution >= 4 is 30.7 Å². The van der Waals surface area contributed by atoms with Crippen molar-refractivity contribution in [1.82, 2.24) is 20.4 Å². The Kier molecular flexibility index (Phi) is 14.7. The first-order chi connectivity index (χ1) is 11.8. The molecule has 0 radical (unpaired) electrons. The first-order valence-corrected chi connectivity index (χ1v) is 8.73. The minimum atomic E-state index is 0. The Balaban J connectivity index is 0.00000312. The van der Waals surface area contributed by atoms with Crippen LogP contribution in [0, 0.1) is 0 Å². The second kappa shape index (κ2) is 15.2. The quantitative estimate of drug-likeness (QED) is 0.567. The summed E-state index contributed by atoms with van der Waals surface area (Å²) in [6.45, 7) is 8.37. The molecule has 0 atom stereocenters. The van der Waals surface area contributed by atoms with Crippen LogP contribution in [0.4, 0.5) is 0 Å². The number of hydrogen-bond acceptors (Lipinski definition) is 5. The van der Waals surface area contributed by atoms with E-state index >= 15 is 0 Å². The number of nitrogens with zero attached hydrogens (tertiary/aromatic N) is 2. The largest absolute Gasteiger partial charge is 0.383 e. The van der Waals surface area contributed by atoms with Gasteiger partial charge in [0.1, 0.15) is 0 Å². The predicted octanol–water partition coefficient (Wildman–Crippen LogP) is 1.00. The van der Waals surface area contributed by atoms with Crippen LogP contribution < -0.4 is 10.6 Å². The lowest BCUT2D eigenvalue weighted by molar-refractivity contribution is -0.122. The van der Waals surface area contributed by atoms with Crippen LogP contribution in [0.3, 0.4) is 0 Å². The monoisotopic (exact) mass is 406 g/mol. The number of nitrogens with one attached hydrogen (secondary N) is 2. The van der Waals surface area contributed by atoms with Gasteiger partial charge in [-0.25, -0.2) is 0 Å². The van der Waals surface area contributed by atoms with Gasteiger partial charge in [-0.05, 0) is 5.56 Å². The molecule has 1 saturated heterocycles. The average molecular weight is 407 g/mol. The fourth-order valence-corrected chi connectivity index (χ4v) is 2.80. The van der Waals surface area contributed by atoms with Crippen molar-refractivity contribution in [3.05, 3.63) is 35.9 Å². The Morgan fingerprint density at radius 2 is 1.65 bits per heavy atom. The topological polar surface area (TPSA) is 56.8 Å². The number of piperazine rings is 1. The van der Waals surface area contributed by atoms with Gasteiger partial charge in [-0.15, -0.1) is 24.8 Å². The molecule has 1 aliphatic heterocycles. The normalized spacial score (nSPS) is 15.0. The lowest BCUT2D eigenvalue weighted by atomic mass is 10.2. The predicted molar refractivity (Wildman–Crippen MR) is 110 cm³/mol. The van der Waals surface area contributed by atoms with E-state index in [1.807, 2.05) is 6.07 Å². The summed E-state index contributed by atoms with van der Waals surface area (Å²) in [5.74, 6) is 0.111. The number of amides is 1. The molecule has 1 aromatic rings. The van der Waals surface area contributed by atoms with Gasteiger partial charge in [-0.3, -0.25) is 14.6 Å². The van der Waals surface area contributed by atoms with E-state index in [-0.39, 0.29) is 30.7 Å². The zero-order valence-corrected chi connectivity index (χ0v) is 17.1. The van der Waals surface area contributed by atoms with Gasteiger partial charge in [-0.2, -0.15) is 0 Å². The fraction of sp³-hybridized carbons (Fsp3) is 0.611. The molecule has 0 aromatic heterocycles. The lowest BCUT2D eigenvalue weighted by Gasteiger charge is -2.34. The van der Waals surface area contributed by atoms with E-state index in [1.54, 1.807) is 7.11 Å². The van der Waals surface area contributed by atoms with Crippen LogP contribution in [0.2, 0.25) is 0 Å². The van der Waals surface area contributed by atoms with Crippen molar-refractivity contribution in [3.8, 4) is 0 Å². The second-order valence-electron chi connectivity index (χ2n) is 6.13. The Hall–Kier alpha value is -0.890. The van der Waals surface area contributed by atoms with E-state index in [4.69, 9.17) is 4.74 Å². The van der Waals surface area contributed by atoms with E-state index in [0.717, 1.165) is 45.8 Å². The molecule has 1 fully saturated rings. The van der Waals surface area contributed by atoms with E-state index in [0.29, 0.717) is 19.7 Å². The Labute approximate surface area is 169 Å². The molecule has 2 N–H and O–H groups in total. The SMILES string of the molecule is COCCNCCNC(=O)CN1CCN(Cc2ccccc2)CC1.Cl.Cl. The van der Waals surface area contributed by atoms with Gasteiger partial charge >= 0.3 is 0 Å². The highest BCUT2D eigenvalue weighted by Crippen LogP contribution is 2.08. The molecular weight excluding hydrogens is 375 g/mol. The van der Waals surface area contributed by atoms with Crippen molar-refractivity contribution in [2.75, 3.05) is 66.1 Å². The maximum Gasteiger partial charge on any atom is 0.234 e. The molecule has 0 saturated carbocycles. The van der Waals surface area contributed by atoms with E-state index in [1.165, 1.54) is 5.56 Å². The third-order valence-corrected chi connectivity index (χ3v) is 4.19. The Morgan fingerprint density at radius 3 is 2.31 bits per heavy atom. The minimum absolute atomic E-state index is 0. The summed E-state index contributed by atoms with van der Waals surface area (Å²) in [5.41, 5.74) is 1.35. The summed E-state index contributed by atoms with van der Waals surface area (Å²) < 4.78 is 4.96. The molecule has 1 amide bonds. The molecule has 150 valence electrons. The van der Waals surface area contributed by atoms with Crippen LogP contribution >= 0.6 is 24.8 Å². The number of halogens is 2. The molecule has 2 rings (SSSR count). The van der Waals surface area contributed by atoms with Gasteiger partial charge in [0.2, 0.25) is 5.91 Å². The number of rotatable bonds is 10. The number of ether oxygens (including phenoxy) is 1. The van der Waals surface area contributed by atoms with Crippen LogP contribution in [0.1, 0.15) is 5.56 Å². The number of hydrogen-bond donors (Lipinski definition) is 2. The lowest BCUT2D eigenvalue weighted by Crippen LogP contribution is -2.49. The third-order valence-electron chi connectivity index (χ3n) is 4.19. The Bertz CT molecular complexity index is 472. The maximum absolute atomic E-state index is 12.0. The van der Waals surface area contributed by atoms with Crippen LogP contribution in [-0.4, -0.2) is 81.8 Å². The summed E-state index contributed by atoms with van der Waals surface area (Å²) in [6.07, 6.45) is 0. The van der Waals surface area contributed by atoms with Crippen LogP contribution in [-0.2, 0) is 16.1 Å². The molecule has 26 heavy (non-hydrogen) atoms. The molecule has 1 aliphatic rings. The van der Waals surface area contributed by atoms with Crippen LogP contribution in [0.25, 0.3) is 0 Å². The first kappa shape index (κ1) is 25.1. The second-order valence-corrected chi connectivity index (χ2v) is 6.13. The number of benzene rings is 1. The first-order valence-electron chi connectivity index (χ1n) is 8.73. The summed E-state index contributed by atoms with van der Waals surface area (Å²) in [7, 11) is 1.68. The van der Waals surface area contributed by atoms with Crippen LogP contribution in [0.15, 0.2) is 30.3 Å². The molecule has 1 heterocycles. The highest BCUT2D eigenvalue weighted by molar-refractivity contribution is 5.85. The molecule has 8 heteroatoms. The van der Waals surface area contributed by atoms with Gasteiger partial charge in [0.25, 0.3) is 0 Å². The summed E-state index contributed by atoms with van der Waals surface area (Å²) in [4.78, 5) is 16.6. The Morgan fingerprint density at radius 1 is 1.00 bits per heavy atom. The van der Waals surface area contributed by atoms with Crippen molar-refractivity contribution in [2.24, 2.45) is 0 Å². The zero-order chi connectivity index (χ0) is 17.0. The van der Waals surface area contributed by atoms with Crippen molar-refractivity contribution in [3.63, 3.8) is 0 Å². The summed E-state index contributed by atoms with van der Waals surface area (Å²) in [5, 5.41) is 6.17. The highest BCUT2D eigenvalue weighted by atomic mass is 35.5. The third kappa shape index (κ3) is 10.3. The van der Waals surface area contributed by atoms with Gasteiger partial charge in [-0.1, -0.05) is 30.3 Å². The number of carbonyl (C=O) groups excluding carboxylic acids is 1. The van der Waals surface area contributed by atoms with Gasteiger partial charge in [0.05, 0.1) is 13.2 Å². The molecule has 0 aliphatic carbocycles. The number of methoxy groups -OCH3 is 1. The molecule has 1 aromatic carbocycles. The summed E-state index contributed by atoms with van der Waals surface area (Å²) in [6, 6.07) is 10.5. The van der Waals surface area contributed by atoms with Crippen molar-refractivity contribution in [2.45, 2.75) is 6.54 Å². The van der Waals surface area contributed by atoms with Crippen LogP contribution in [0.5, 0.6) is 0 Å². The minimum Gasteiger partial charge on any atom is -0.383 e. The van der Waals surface area contributed by atoms with Crippen molar-refractivity contribution in [1.29, 1.82) is 0 Å². The highest BCUT2D eigenvalue weighted by Gasteiger charge is 2.18. The molecule has 0 bridgehead atoms. The van der Waals surface area contributed by atoms with E-state index in [2.05, 4.69) is 44.7 Å². The van der Waals surface area contributed by atoms with Gasteiger partial charge < -0.3 is 15.4 Å². The average Bonchev–Trinajstić information content (AvgIpc) is 2.61.